The Morgan fingerprint density at radius 2 is 1.71 bits per heavy atom. The molecule has 2 aromatic rings. The number of aliphatic hydroxyl groups is 3. The van der Waals surface area contributed by atoms with Crippen LogP contribution in [0.5, 0.6) is 28.7 Å². The molecule has 0 spiro atoms. The summed E-state index contributed by atoms with van der Waals surface area (Å²) in [5.74, 6) is -1.46. The van der Waals surface area contributed by atoms with E-state index >= 15 is 0 Å². The number of ether oxygens (including phenoxy) is 3. The minimum atomic E-state index is -1.60. The number of rotatable bonds is 3. The van der Waals surface area contributed by atoms with Gasteiger partial charge in [0, 0.05) is 12.1 Å². The van der Waals surface area contributed by atoms with Crippen molar-refractivity contribution in [3.63, 3.8) is 0 Å². The molecule has 0 unspecified atom stereocenters. The Morgan fingerprint density at radius 3 is 2.42 bits per heavy atom. The molecule has 2 aliphatic rings. The average molecular weight is 434 g/mol. The molecule has 0 aromatic heterocycles. The molecule has 1 fully saturated rings. The molecular weight excluding hydrogens is 412 g/mol. The molecule has 2 heterocycles. The van der Waals surface area contributed by atoms with Gasteiger partial charge in [-0.15, -0.1) is 0 Å². The van der Waals surface area contributed by atoms with Crippen molar-refractivity contribution in [2.75, 3.05) is 0 Å². The number of hydrogen-bond acceptors (Lipinski definition) is 10. The smallest absolute Gasteiger partial charge is 0.229 e. The molecular formula is C21H22O10. The number of ketones is 1. The van der Waals surface area contributed by atoms with Crippen LogP contribution in [0, 0.1) is 0 Å². The summed E-state index contributed by atoms with van der Waals surface area (Å²) in [5.41, 5.74) is 0.457. The lowest BCUT2D eigenvalue weighted by Crippen LogP contribution is -2.58. The molecule has 0 amide bonds. The van der Waals surface area contributed by atoms with Gasteiger partial charge in [-0.25, -0.2) is 0 Å². The maximum Gasteiger partial charge on any atom is 0.229 e. The Labute approximate surface area is 176 Å². The van der Waals surface area contributed by atoms with E-state index in [-0.39, 0.29) is 40.7 Å². The van der Waals surface area contributed by atoms with Crippen molar-refractivity contribution in [2.24, 2.45) is 0 Å². The van der Waals surface area contributed by atoms with Gasteiger partial charge in [0.1, 0.15) is 47.2 Å². The van der Waals surface area contributed by atoms with Crippen LogP contribution in [0.25, 0.3) is 0 Å². The van der Waals surface area contributed by atoms with E-state index in [1.54, 1.807) is 0 Å². The van der Waals surface area contributed by atoms with E-state index in [1.165, 1.54) is 31.2 Å². The van der Waals surface area contributed by atoms with Crippen LogP contribution in [0.4, 0.5) is 0 Å². The lowest BCUT2D eigenvalue weighted by atomic mass is 9.95. The second-order valence-electron chi connectivity index (χ2n) is 7.60. The highest BCUT2D eigenvalue weighted by molar-refractivity contribution is 6.02. The van der Waals surface area contributed by atoms with Crippen LogP contribution in [0.2, 0.25) is 0 Å². The summed E-state index contributed by atoms with van der Waals surface area (Å²) in [6, 6.07) is 6.43. The second kappa shape index (κ2) is 7.89. The van der Waals surface area contributed by atoms with Crippen LogP contribution < -0.4 is 9.47 Å². The lowest BCUT2D eigenvalue weighted by molar-refractivity contribution is -0.268. The maximum atomic E-state index is 12.9. The topological polar surface area (TPSA) is 166 Å². The fourth-order valence-corrected chi connectivity index (χ4v) is 3.66. The molecule has 0 radical (unpaired) electrons. The minimum Gasteiger partial charge on any atom is -0.508 e. The highest BCUT2D eigenvalue weighted by Gasteiger charge is 2.44. The van der Waals surface area contributed by atoms with Gasteiger partial charge >= 0.3 is 0 Å². The first-order chi connectivity index (χ1) is 14.7. The van der Waals surface area contributed by atoms with Gasteiger partial charge < -0.3 is 44.8 Å². The van der Waals surface area contributed by atoms with Gasteiger partial charge in [-0.2, -0.15) is 0 Å². The average Bonchev–Trinajstić information content (AvgIpc) is 2.71. The van der Waals surface area contributed by atoms with Gasteiger partial charge in [0.15, 0.2) is 17.3 Å². The monoisotopic (exact) mass is 434 g/mol. The van der Waals surface area contributed by atoms with Gasteiger partial charge in [-0.3, -0.25) is 4.79 Å². The Hall–Kier alpha value is -3.05. The summed E-state index contributed by atoms with van der Waals surface area (Å²) in [6.45, 7) is 1.49. The number of hydrogen-bond donors (Lipinski definition) is 6. The molecule has 0 aliphatic carbocycles. The number of Topliss-reactive ketones (excluding diaryl/α,β-unsaturated/α-hetero) is 1. The lowest BCUT2D eigenvalue weighted by Gasteiger charge is -2.39. The molecule has 6 N–H and O–H groups in total. The number of aromatic hydroxyl groups is 3. The molecule has 10 nitrogen and oxygen atoms in total. The molecule has 0 saturated carbocycles. The zero-order valence-corrected chi connectivity index (χ0v) is 16.4. The van der Waals surface area contributed by atoms with E-state index in [0.717, 1.165) is 6.07 Å². The van der Waals surface area contributed by atoms with Crippen LogP contribution in [0.1, 0.15) is 35.4 Å². The molecule has 166 valence electrons. The summed E-state index contributed by atoms with van der Waals surface area (Å²) in [6.07, 6.45) is -7.61. The second-order valence-corrected chi connectivity index (χ2v) is 7.60. The molecule has 1 saturated heterocycles. The summed E-state index contributed by atoms with van der Waals surface area (Å²) < 4.78 is 16.8. The Kier molecular flexibility index (Phi) is 5.40. The van der Waals surface area contributed by atoms with Crippen molar-refractivity contribution < 1.29 is 49.6 Å². The molecule has 2 aliphatic heterocycles. The largest absolute Gasteiger partial charge is 0.508 e. The van der Waals surface area contributed by atoms with E-state index in [0.29, 0.717) is 5.56 Å². The SMILES string of the molecule is C[C@H]1O[C@@H](Oc2cc(O)cc3c2C(=O)C[C@@H](c2ccc(O)c(O)c2)O3)[C@H](O)[C@@H](O)[C@H]1O. The summed E-state index contributed by atoms with van der Waals surface area (Å²) in [7, 11) is 0. The van der Waals surface area contributed by atoms with Crippen molar-refractivity contribution in [3.05, 3.63) is 41.5 Å². The number of benzene rings is 2. The number of phenolic OH excluding ortho intramolecular Hbond substituents is 3. The third-order valence-electron chi connectivity index (χ3n) is 5.39. The third kappa shape index (κ3) is 3.86. The van der Waals surface area contributed by atoms with Crippen molar-refractivity contribution in [2.45, 2.75) is 50.2 Å². The van der Waals surface area contributed by atoms with Crippen molar-refractivity contribution in [1.82, 2.24) is 0 Å². The zero-order valence-electron chi connectivity index (χ0n) is 16.4. The molecule has 6 atom stereocenters. The Morgan fingerprint density at radius 1 is 0.968 bits per heavy atom. The van der Waals surface area contributed by atoms with E-state index in [9.17, 15) is 35.4 Å². The number of aliphatic hydroxyl groups excluding tert-OH is 3. The summed E-state index contributed by atoms with van der Waals surface area (Å²) in [5, 5.41) is 59.3. The van der Waals surface area contributed by atoms with Gasteiger partial charge in [0.05, 0.1) is 12.5 Å². The van der Waals surface area contributed by atoms with Crippen LogP contribution >= 0.6 is 0 Å². The highest BCUT2D eigenvalue weighted by Crippen LogP contribution is 2.43. The van der Waals surface area contributed by atoms with Crippen LogP contribution in [-0.2, 0) is 4.74 Å². The van der Waals surface area contributed by atoms with Gasteiger partial charge in [-0.05, 0) is 24.6 Å². The van der Waals surface area contributed by atoms with Gasteiger partial charge in [-0.1, -0.05) is 6.07 Å². The van der Waals surface area contributed by atoms with Crippen molar-refractivity contribution >= 4 is 5.78 Å². The first-order valence-corrected chi connectivity index (χ1v) is 9.60. The van der Waals surface area contributed by atoms with Crippen LogP contribution in [-0.4, -0.2) is 67.1 Å². The summed E-state index contributed by atoms with van der Waals surface area (Å²) >= 11 is 0. The van der Waals surface area contributed by atoms with Crippen molar-refractivity contribution in [3.8, 4) is 28.7 Å². The highest BCUT2D eigenvalue weighted by atomic mass is 16.7. The number of fused-ring (bicyclic) bond motifs is 1. The predicted molar refractivity (Wildman–Crippen MR) is 103 cm³/mol. The van der Waals surface area contributed by atoms with E-state index < -0.39 is 42.6 Å². The molecule has 4 rings (SSSR count). The van der Waals surface area contributed by atoms with Crippen molar-refractivity contribution in [1.29, 1.82) is 0 Å². The van der Waals surface area contributed by atoms with Gasteiger partial charge in [0.2, 0.25) is 6.29 Å². The summed E-state index contributed by atoms with van der Waals surface area (Å²) in [4.78, 5) is 12.9. The Balaban J connectivity index is 1.64. The predicted octanol–water partition coefficient (Wildman–Crippen LogP) is 0.716. The molecule has 2 aromatic carbocycles. The normalized spacial score (nSPS) is 30.4. The minimum absolute atomic E-state index is 0.0149. The number of phenols is 3. The van der Waals surface area contributed by atoms with E-state index in [4.69, 9.17) is 14.2 Å². The van der Waals surface area contributed by atoms with Gasteiger partial charge in [0.25, 0.3) is 0 Å². The van der Waals surface area contributed by atoms with Crippen LogP contribution in [0.15, 0.2) is 30.3 Å². The zero-order chi connectivity index (χ0) is 22.4. The maximum absolute atomic E-state index is 12.9. The van der Waals surface area contributed by atoms with Crippen LogP contribution in [0.3, 0.4) is 0 Å². The molecule has 10 heteroatoms. The first kappa shape index (κ1) is 21.2. The standard InChI is InChI=1S/C21H22O10/c1-8-18(26)19(27)20(28)21(29-8)31-16-6-10(22)5-15-17(16)13(25)7-14(30-15)9-2-3-11(23)12(24)4-9/h2-6,8,14,18-24,26-28H,7H2,1H3/t8-,14+,18+,19+,20-,21+/m1/s1. The molecule has 31 heavy (non-hydrogen) atoms. The quantitative estimate of drug-likeness (QED) is 0.379. The fraction of sp³-hybridized carbons (Fsp3) is 0.381. The van der Waals surface area contributed by atoms with E-state index in [1.807, 2.05) is 0 Å². The Bertz CT molecular complexity index is 1010. The first-order valence-electron chi connectivity index (χ1n) is 9.60. The fourth-order valence-electron chi connectivity index (χ4n) is 3.66. The number of carbonyl (C=O) groups excluding carboxylic acids is 1. The molecule has 0 bridgehead atoms. The third-order valence-corrected chi connectivity index (χ3v) is 5.39. The van der Waals surface area contributed by atoms with E-state index in [2.05, 4.69) is 0 Å². The number of carbonyl (C=O) groups is 1.